The first-order chi connectivity index (χ1) is 11.0. The Balaban J connectivity index is 0.00000208. The van der Waals surface area contributed by atoms with E-state index in [2.05, 4.69) is 10.6 Å². The van der Waals surface area contributed by atoms with Crippen molar-refractivity contribution in [2.24, 2.45) is 0 Å². The van der Waals surface area contributed by atoms with Crippen molar-refractivity contribution in [1.82, 2.24) is 14.9 Å². The Morgan fingerprint density at radius 1 is 1.29 bits per heavy atom. The zero-order valence-corrected chi connectivity index (χ0v) is 16.1. The van der Waals surface area contributed by atoms with E-state index in [0.717, 1.165) is 37.2 Å². The molecule has 2 aliphatic rings. The number of carbonyl (C=O) groups is 1. The molecule has 2 fully saturated rings. The molecule has 3 rings (SSSR count). The third-order valence-electron chi connectivity index (χ3n) is 4.47. The number of aryl methyl sites for hydroxylation is 1. The van der Waals surface area contributed by atoms with Gasteiger partial charge in [-0.15, -0.1) is 23.7 Å². The second kappa shape index (κ2) is 8.14. The summed E-state index contributed by atoms with van der Waals surface area (Å²) < 4.78 is 27.3. The molecule has 0 saturated carbocycles. The van der Waals surface area contributed by atoms with Gasteiger partial charge in [0.15, 0.2) is 0 Å². The van der Waals surface area contributed by atoms with E-state index < -0.39 is 16.1 Å². The Morgan fingerprint density at radius 2 is 2.00 bits per heavy atom. The van der Waals surface area contributed by atoms with Crippen LogP contribution in [0, 0.1) is 6.92 Å². The van der Waals surface area contributed by atoms with Crippen molar-refractivity contribution in [2.45, 2.75) is 48.9 Å². The Hall–Kier alpha value is -0.670. The molecule has 24 heavy (non-hydrogen) atoms. The van der Waals surface area contributed by atoms with Gasteiger partial charge in [-0.25, -0.2) is 8.42 Å². The fourth-order valence-electron chi connectivity index (χ4n) is 3.22. The van der Waals surface area contributed by atoms with E-state index in [4.69, 9.17) is 0 Å². The highest BCUT2D eigenvalue weighted by Crippen LogP contribution is 2.30. The van der Waals surface area contributed by atoms with Crippen LogP contribution in [0.1, 0.15) is 30.6 Å². The van der Waals surface area contributed by atoms with Crippen molar-refractivity contribution in [2.75, 3.05) is 19.6 Å². The highest BCUT2D eigenvalue weighted by atomic mass is 35.5. The number of halogens is 1. The Labute approximate surface area is 153 Å². The molecular formula is C15H24ClN3O3S2. The number of hydrogen-bond donors (Lipinski definition) is 2. The number of amides is 1. The molecule has 9 heteroatoms. The van der Waals surface area contributed by atoms with Crippen molar-refractivity contribution < 1.29 is 13.2 Å². The summed E-state index contributed by atoms with van der Waals surface area (Å²) >= 11 is 1.26. The molecule has 2 saturated heterocycles. The third-order valence-corrected chi connectivity index (χ3v) is 7.85. The lowest BCUT2D eigenvalue weighted by Crippen LogP contribution is -2.50. The Morgan fingerprint density at radius 3 is 2.62 bits per heavy atom. The Kier molecular flexibility index (Phi) is 6.66. The predicted molar refractivity (Wildman–Crippen MR) is 97.3 cm³/mol. The molecule has 1 unspecified atom stereocenters. The van der Waals surface area contributed by atoms with Crippen LogP contribution in [0.25, 0.3) is 0 Å². The number of carbonyl (C=O) groups excluding carboxylic acids is 1. The monoisotopic (exact) mass is 393 g/mol. The lowest BCUT2D eigenvalue weighted by molar-refractivity contribution is -0.125. The summed E-state index contributed by atoms with van der Waals surface area (Å²) in [5, 5.41) is 6.30. The van der Waals surface area contributed by atoms with Crippen LogP contribution < -0.4 is 10.6 Å². The van der Waals surface area contributed by atoms with Gasteiger partial charge in [0.2, 0.25) is 5.91 Å². The fourth-order valence-corrected chi connectivity index (χ4v) is 6.29. The fraction of sp³-hybridized carbons (Fsp3) is 0.667. The van der Waals surface area contributed by atoms with Gasteiger partial charge < -0.3 is 10.6 Å². The van der Waals surface area contributed by atoms with Crippen molar-refractivity contribution >= 4 is 39.7 Å². The second-order valence-electron chi connectivity index (χ2n) is 6.17. The molecule has 0 aromatic carbocycles. The van der Waals surface area contributed by atoms with Gasteiger partial charge in [-0.3, -0.25) is 4.79 Å². The number of nitrogens with zero attached hydrogens (tertiary/aromatic N) is 1. The standard InChI is InChI=1S/C15H23N3O3S2.ClH/c1-11-4-5-14(22-11)23(20,21)18-10-2-3-13(18)15(19)17-12-6-8-16-9-7-12;/h4-5,12-13,16H,2-3,6-10H2,1H3,(H,17,19);1H. The van der Waals surface area contributed by atoms with Crippen LogP contribution in [0.5, 0.6) is 0 Å². The minimum absolute atomic E-state index is 0. The molecule has 1 aromatic rings. The highest BCUT2D eigenvalue weighted by Gasteiger charge is 2.40. The van der Waals surface area contributed by atoms with Crippen LogP contribution in [-0.4, -0.2) is 50.3 Å². The number of nitrogens with one attached hydrogen (secondary N) is 2. The molecule has 0 bridgehead atoms. The van der Waals surface area contributed by atoms with E-state index >= 15 is 0 Å². The smallest absolute Gasteiger partial charge is 0.253 e. The average molecular weight is 394 g/mol. The van der Waals surface area contributed by atoms with Crippen molar-refractivity contribution in [3.05, 3.63) is 17.0 Å². The zero-order valence-electron chi connectivity index (χ0n) is 13.7. The minimum Gasteiger partial charge on any atom is -0.352 e. The van der Waals surface area contributed by atoms with E-state index in [1.807, 2.05) is 6.92 Å². The topological polar surface area (TPSA) is 78.5 Å². The molecule has 3 heterocycles. The molecular weight excluding hydrogens is 370 g/mol. The predicted octanol–water partition coefficient (Wildman–Crippen LogP) is 1.50. The van der Waals surface area contributed by atoms with E-state index in [0.29, 0.717) is 17.2 Å². The quantitative estimate of drug-likeness (QED) is 0.812. The SMILES string of the molecule is Cc1ccc(S(=O)(=O)N2CCCC2C(=O)NC2CCNCC2)s1.Cl. The Bertz CT molecular complexity index is 671. The first kappa shape index (κ1) is 19.7. The largest absolute Gasteiger partial charge is 0.352 e. The van der Waals surface area contributed by atoms with Crippen LogP contribution in [0.4, 0.5) is 0 Å². The lowest BCUT2D eigenvalue weighted by Gasteiger charge is -2.28. The minimum atomic E-state index is -3.57. The van der Waals surface area contributed by atoms with Gasteiger partial charge in [0, 0.05) is 17.5 Å². The van der Waals surface area contributed by atoms with E-state index in [1.54, 1.807) is 12.1 Å². The molecule has 2 N–H and O–H groups in total. The lowest BCUT2D eigenvalue weighted by atomic mass is 10.1. The summed E-state index contributed by atoms with van der Waals surface area (Å²) in [5.74, 6) is -0.147. The van der Waals surface area contributed by atoms with E-state index in [9.17, 15) is 13.2 Å². The molecule has 0 aliphatic carbocycles. The maximum Gasteiger partial charge on any atom is 0.253 e. The van der Waals surface area contributed by atoms with Crippen molar-refractivity contribution in [1.29, 1.82) is 0 Å². The van der Waals surface area contributed by atoms with Crippen LogP contribution in [0.2, 0.25) is 0 Å². The maximum absolute atomic E-state index is 12.8. The summed E-state index contributed by atoms with van der Waals surface area (Å²) in [6, 6.07) is 3.02. The summed E-state index contributed by atoms with van der Waals surface area (Å²) in [5.41, 5.74) is 0. The molecule has 1 aromatic heterocycles. The van der Waals surface area contributed by atoms with Crippen LogP contribution in [0.15, 0.2) is 16.3 Å². The van der Waals surface area contributed by atoms with Crippen LogP contribution in [-0.2, 0) is 14.8 Å². The van der Waals surface area contributed by atoms with Gasteiger partial charge in [-0.05, 0) is 57.8 Å². The number of thiophene rings is 1. The van der Waals surface area contributed by atoms with E-state index in [1.165, 1.54) is 15.6 Å². The summed E-state index contributed by atoms with van der Waals surface area (Å²) in [6.45, 7) is 4.09. The number of hydrogen-bond acceptors (Lipinski definition) is 5. The number of rotatable bonds is 4. The maximum atomic E-state index is 12.8. The normalized spacial score (nSPS) is 23.0. The first-order valence-corrected chi connectivity index (χ1v) is 10.3. The molecule has 1 amide bonds. The van der Waals surface area contributed by atoms with Gasteiger partial charge in [0.25, 0.3) is 10.0 Å². The van der Waals surface area contributed by atoms with Gasteiger partial charge in [0.05, 0.1) is 0 Å². The summed E-state index contributed by atoms with van der Waals surface area (Å²) in [7, 11) is -3.57. The van der Waals surface area contributed by atoms with Crippen molar-refractivity contribution in [3.8, 4) is 0 Å². The summed E-state index contributed by atoms with van der Waals surface area (Å²) in [6.07, 6.45) is 3.12. The van der Waals surface area contributed by atoms with Gasteiger partial charge in [0.1, 0.15) is 10.3 Å². The molecule has 0 spiro atoms. The van der Waals surface area contributed by atoms with Crippen molar-refractivity contribution in [3.63, 3.8) is 0 Å². The third kappa shape index (κ3) is 4.11. The average Bonchev–Trinajstić information content (AvgIpc) is 3.17. The number of sulfonamides is 1. The van der Waals surface area contributed by atoms with Crippen LogP contribution in [0.3, 0.4) is 0 Å². The van der Waals surface area contributed by atoms with E-state index in [-0.39, 0.29) is 24.4 Å². The second-order valence-corrected chi connectivity index (χ2v) is 9.58. The van der Waals surface area contributed by atoms with Crippen LogP contribution >= 0.6 is 23.7 Å². The van der Waals surface area contributed by atoms with Gasteiger partial charge in [-0.2, -0.15) is 4.31 Å². The van der Waals surface area contributed by atoms with Gasteiger partial charge >= 0.3 is 0 Å². The molecule has 0 radical (unpaired) electrons. The summed E-state index contributed by atoms with van der Waals surface area (Å²) in [4.78, 5) is 13.5. The molecule has 2 aliphatic heterocycles. The molecule has 136 valence electrons. The molecule has 6 nitrogen and oxygen atoms in total. The first-order valence-electron chi connectivity index (χ1n) is 8.08. The van der Waals surface area contributed by atoms with Gasteiger partial charge in [-0.1, -0.05) is 0 Å². The highest BCUT2D eigenvalue weighted by molar-refractivity contribution is 7.91. The number of piperidine rings is 1. The molecule has 1 atom stereocenters. The zero-order chi connectivity index (χ0) is 16.4.